The summed E-state index contributed by atoms with van der Waals surface area (Å²) < 4.78 is 11.3. The van der Waals surface area contributed by atoms with Crippen molar-refractivity contribution >= 4 is 27.8 Å². The third-order valence-electron chi connectivity index (χ3n) is 2.93. The van der Waals surface area contributed by atoms with Crippen molar-refractivity contribution in [2.75, 3.05) is 13.2 Å². The van der Waals surface area contributed by atoms with Crippen LogP contribution in [0.4, 0.5) is 0 Å². The summed E-state index contributed by atoms with van der Waals surface area (Å²) in [6.45, 7) is 5.84. The SMILES string of the molecule is CCCCOC(=O)CNC(=O)C(C)Oc1ccc(C)cc1Br. The number of hydrogen-bond acceptors (Lipinski definition) is 4. The molecule has 0 saturated heterocycles. The van der Waals surface area contributed by atoms with Crippen molar-refractivity contribution in [2.24, 2.45) is 0 Å². The Labute approximate surface area is 139 Å². The van der Waals surface area contributed by atoms with Crippen molar-refractivity contribution < 1.29 is 19.1 Å². The van der Waals surface area contributed by atoms with Crippen LogP contribution < -0.4 is 10.1 Å². The highest BCUT2D eigenvalue weighted by atomic mass is 79.9. The molecule has 6 heteroatoms. The van der Waals surface area contributed by atoms with E-state index < -0.39 is 12.1 Å². The molecule has 0 aliphatic rings. The first-order valence-corrected chi connectivity index (χ1v) is 8.09. The fourth-order valence-electron chi connectivity index (χ4n) is 1.63. The van der Waals surface area contributed by atoms with Gasteiger partial charge in [0.2, 0.25) is 0 Å². The Morgan fingerprint density at radius 3 is 2.73 bits per heavy atom. The molecule has 22 heavy (non-hydrogen) atoms. The van der Waals surface area contributed by atoms with Crippen LogP contribution in [0.15, 0.2) is 22.7 Å². The highest BCUT2D eigenvalue weighted by Gasteiger charge is 2.17. The first kappa shape index (κ1) is 18.5. The monoisotopic (exact) mass is 371 g/mol. The molecule has 122 valence electrons. The van der Waals surface area contributed by atoms with Gasteiger partial charge < -0.3 is 14.8 Å². The Hall–Kier alpha value is -1.56. The molecule has 0 radical (unpaired) electrons. The van der Waals surface area contributed by atoms with Crippen LogP contribution >= 0.6 is 15.9 Å². The average Bonchev–Trinajstić information content (AvgIpc) is 2.47. The van der Waals surface area contributed by atoms with E-state index in [1.54, 1.807) is 13.0 Å². The second-order valence-corrected chi connectivity index (χ2v) is 5.84. The van der Waals surface area contributed by atoms with Gasteiger partial charge in [0.05, 0.1) is 11.1 Å². The maximum Gasteiger partial charge on any atom is 0.325 e. The summed E-state index contributed by atoms with van der Waals surface area (Å²) in [6, 6.07) is 5.60. The zero-order valence-electron chi connectivity index (χ0n) is 13.1. The van der Waals surface area contributed by atoms with Gasteiger partial charge in [-0.2, -0.15) is 0 Å². The number of benzene rings is 1. The number of ether oxygens (including phenoxy) is 2. The van der Waals surface area contributed by atoms with Crippen LogP contribution in [-0.4, -0.2) is 31.1 Å². The van der Waals surface area contributed by atoms with Gasteiger partial charge in [-0.25, -0.2) is 0 Å². The Morgan fingerprint density at radius 1 is 1.36 bits per heavy atom. The van der Waals surface area contributed by atoms with E-state index in [0.717, 1.165) is 22.9 Å². The Balaban J connectivity index is 2.40. The van der Waals surface area contributed by atoms with Crippen LogP contribution in [0.1, 0.15) is 32.3 Å². The van der Waals surface area contributed by atoms with E-state index in [-0.39, 0.29) is 12.5 Å². The molecule has 1 aromatic rings. The minimum absolute atomic E-state index is 0.148. The molecule has 0 aliphatic heterocycles. The summed E-state index contributed by atoms with van der Waals surface area (Å²) in [5.74, 6) is -0.218. The van der Waals surface area contributed by atoms with Gasteiger partial charge in [0.1, 0.15) is 12.3 Å². The summed E-state index contributed by atoms with van der Waals surface area (Å²) in [7, 11) is 0. The smallest absolute Gasteiger partial charge is 0.325 e. The molecule has 0 saturated carbocycles. The number of hydrogen-bond donors (Lipinski definition) is 1. The summed E-state index contributed by atoms with van der Waals surface area (Å²) in [6.07, 6.45) is 1.07. The molecule has 1 atom stereocenters. The fourth-order valence-corrected chi connectivity index (χ4v) is 2.22. The van der Waals surface area contributed by atoms with Crippen LogP contribution in [0.2, 0.25) is 0 Å². The standard InChI is InChI=1S/C16H22BrNO4/c1-4-5-8-21-15(19)10-18-16(20)12(3)22-14-7-6-11(2)9-13(14)17/h6-7,9,12H,4-5,8,10H2,1-3H3,(H,18,20). The number of amides is 1. The van der Waals surface area contributed by atoms with Crippen LogP contribution in [0, 0.1) is 6.92 Å². The lowest BCUT2D eigenvalue weighted by Gasteiger charge is -2.15. The van der Waals surface area contributed by atoms with Gasteiger partial charge in [0, 0.05) is 0 Å². The highest BCUT2D eigenvalue weighted by molar-refractivity contribution is 9.10. The van der Waals surface area contributed by atoms with E-state index in [1.165, 1.54) is 0 Å². The number of carbonyl (C=O) groups is 2. The van der Waals surface area contributed by atoms with Crippen LogP contribution in [0.3, 0.4) is 0 Å². The average molecular weight is 372 g/mol. The molecule has 0 aliphatic carbocycles. The number of rotatable bonds is 8. The number of halogens is 1. The molecule has 0 aromatic heterocycles. The van der Waals surface area contributed by atoms with Crippen LogP contribution in [0.5, 0.6) is 5.75 Å². The molecule has 1 amide bonds. The Bertz CT molecular complexity index is 519. The van der Waals surface area contributed by atoms with Crippen molar-refractivity contribution in [3.8, 4) is 5.75 Å². The molecular formula is C16H22BrNO4. The number of unbranched alkanes of at least 4 members (excludes halogenated alkanes) is 1. The lowest BCUT2D eigenvalue weighted by molar-refractivity contribution is -0.144. The first-order chi connectivity index (χ1) is 10.4. The molecule has 1 N–H and O–H groups in total. The van der Waals surface area contributed by atoms with Gasteiger partial charge in [-0.3, -0.25) is 9.59 Å². The quantitative estimate of drug-likeness (QED) is 0.563. The third kappa shape index (κ3) is 6.47. The van der Waals surface area contributed by atoms with Crippen molar-refractivity contribution in [2.45, 2.75) is 39.7 Å². The molecule has 0 fully saturated rings. The molecule has 5 nitrogen and oxygen atoms in total. The lowest BCUT2D eigenvalue weighted by Crippen LogP contribution is -2.39. The normalized spacial score (nSPS) is 11.6. The molecule has 0 bridgehead atoms. The molecule has 1 unspecified atom stereocenters. The van der Waals surface area contributed by atoms with Crippen molar-refractivity contribution in [1.29, 1.82) is 0 Å². The largest absolute Gasteiger partial charge is 0.480 e. The third-order valence-corrected chi connectivity index (χ3v) is 3.55. The van der Waals surface area contributed by atoms with Crippen LogP contribution in [-0.2, 0) is 14.3 Å². The van der Waals surface area contributed by atoms with E-state index in [1.807, 2.05) is 26.0 Å². The fraction of sp³-hybridized carbons (Fsp3) is 0.500. The number of carbonyl (C=O) groups excluding carboxylic acids is 2. The van der Waals surface area contributed by atoms with E-state index in [2.05, 4.69) is 21.2 Å². The molecule has 1 aromatic carbocycles. The van der Waals surface area contributed by atoms with Gasteiger partial charge in [0.25, 0.3) is 5.91 Å². The van der Waals surface area contributed by atoms with Crippen molar-refractivity contribution in [3.05, 3.63) is 28.2 Å². The Morgan fingerprint density at radius 2 is 2.09 bits per heavy atom. The van der Waals surface area contributed by atoms with E-state index in [0.29, 0.717) is 12.4 Å². The highest BCUT2D eigenvalue weighted by Crippen LogP contribution is 2.26. The minimum atomic E-state index is -0.706. The number of aryl methyl sites for hydroxylation is 1. The lowest BCUT2D eigenvalue weighted by atomic mass is 10.2. The zero-order valence-corrected chi connectivity index (χ0v) is 14.7. The Kier molecular flexibility index (Phi) is 7.95. The topological polar surface area (TPSA) is 64.6 Å². The number of nitrogens with one attached hydrogen (secondary N) is 1. The molecule has 0 spiro atoms. The van der Waals surface area contributed by atoms with Crippen LogP contribution in [0.25, 0.3) is 0 Å². The predicted octanol–water partition coefficient (Wildman–Crippen LogP) is 2.98. The zero-order chi connectivity index (χ0) is 16.5. The van der Waals surface area contributed by atoms with E-state index in [9.17, 15) is 9.59 Å². The predicted molar refractivity (Wildman–Crippen MR) is 87.8 cm³/mol. The number of esters is 1. The molecule has 1 rings (SSSR count). The minimum Gasteiger partial charge on any atom is -0.480 e. The molecular weight excluding hydrogens is 350 g/mol. The van der Waals surface area contributed by atoms with Gasteiger partial charge in [-0.15, -0.1) is 0 Å². The van der Waals surface area contributed by atoms with E-state index in [4.69, 9.17) is 9.47 Å². The second kappa shape index (κ2) is 9.46. The summed E-state index contributed by atoms with van der Waals surface area (Å²) >= 11 is 3.39. The van der Waals surface area contributed by atoms with Crippen molar-refractivity contribution in [1.82, 2.24) is 5.32 Å². The summed E-state index contributed by atoms with van der Waals surface area (Å²) in [5, 5.41) is 2.51. The summed E-state index contributed by atoms with van der Waals surface area (Å²) in [5.41, 5.74) is 1.09. The van der Waals surface area contributed by atoms with Gasteiger partial charge in [-0.05, 0) is 53.9 Å². The maximum absolute atomic E-state index is 11.9. The summed E-state index contributed by atoms with van der Waals surface area (Å²) in [4.78, 5) is 23.3. The van der Waals surface area contributed by atoms with Gasteiger partial charge >= 0.3 is 5.97 Å². The molecule has 0 heterocycles. The van der Waals surface area contributed by atoms with E-state index >= 15 is 0 Å². The second-order valence-electron chi connectivity index (χ2n) is 4.99. The van der Waals surface area contributed by atoms with Gasteiger partial charge in [-0.1, -0.05) is 19.4 Å². The maximum atomic E-state index is 11.9. The van der Waals surface area contributed by atoms with Crippen molar-refractivity contribution in [3.63, 3.8) is 0 Å². The first-order valence-electron chi connectivity index (χ1n) is 7.30. The van der Waals surface area contributed by atoms with Gasteiger partial charge in [0.15, 0.2) is 6.10 Å².